The molecular formula is C7H6N4S. The third-order valence-corrected chi connectivity index (χ3v) is 1.66. The maximum atomic E-state index is 4.86. The van der Waals surface area contributed by atoms with Gasteiger partial charge in [0.1, 0.15) is 11.0 Å². The molecule has 2 heterocycles. The number of aromatic amines is 1. The van der Waals surface area contributed by atoms with Crippen molar-refractivity contribution in [1.82, 2.24) is 19.7 Å². The van der Waals surface area contributed by atoms with Gasteiger partial charge in [-0.1, -0.05) is 12.2 Å². The molecule has 0 amide bonds. The highest BCUT2D eigenvalue weighted by molar-refractivity contribution is 7.71. The van der Waals surface area contributed by atoms with E-state index < -0.39 is 0 Å². The van der Waals surface area contributed by atoms with Crippen LogP contribution >= 0.6 is 12.2 Å². The van der Waals surface area contributed by atoms with Gasteiger partial charge in [0.25, 0.3) is 0 Å². The number of H-pyrrole nitrogens is 1. The van der Waals surface area contributed by atoms with E-state index in [2.05, 4.69) is 15.2 Å². The van der Waals surface area contributed by atoms with Crippen LogP contribution in [-0.4, -0.2) is 19.7 Å². The van der Waals surface area contributed by atoms with E-state index in [0.29, 0.717) is 4.64 Å². The van der Waals surface area contributed by atoms with Crippen molar-refractivity contribution in [3.8, 4) is 5.82 Å². The average Bonchev–Trinajstić information content (AvgIpc) is 2.58. The normalized spacial score (nSPS) is 10.0. The molecule has 0 aliphatic rings. The molecule has 0 aromatic carbocycles. The maximum absolute atomic E-state index is 4.86. The molecule has 0 aliphatic carbocycles. The van der Waals surface area contributed by atoms with E-state index in [0.717, 1.165) is 5.82 Å². The van der Waals surface area contributed by atoms with E-state index in [9.17, 15) is 0 Å². The molecule has 2 aromatic heterocycles. The first-order chi connectivity index (χ1) is 5.86. The summed E-state index contributed by atoms with van der Waals surface area (Å²) in [6.07, 6.45) is 5.20. The zero-order valence-electron chi connectivity index (χ0n) is 6.14. The van der Waals surface area contributed by atoms with Crippen molar-refractivity contribution in [2.75, 3.05) is 0 Å². The van der Waals surface area contributed by atoms with Crippen LogP contribution in [0.3, 0.4) is 0 Å². The molecule has 60 valence electrons. The Labute approximate surface area is 73.9 Å². The van der Waals surface area contributed by atoms with Gasteiger partial charge in [0.2, 0.25) is 0 Å². The van der Waals surface area contributed by atoms with Crippen molar-refractivity contribution in [1.29, 1.82) is 0 Å². The third kappa shape index (κ3) is 1.26. The minimum absolute atomic E-state index is 0.624. The molecule has 12 heavy (non-hydrogen) atoms. The van der Waals surface area contributed by atoms with Crippen molar-refractivity contribution in [3.05, 3.63) is 35.5 Å². The van der Waals surface area contributed by atoms with Gasteiger partial charge >= 0.3 is 0 Å². The zero-order chi connectivity index (χ0) is 8.39. The largest absolute Gasteiger partial charge is 0.289 e. The first kappa shape index (κ1) is 7.17. The van der Waals surface area contributed by atoms with Crippen LogP contribution in [0.1, 0.15) is 0 Å². The Morgan fingerprint density at radius 2 is 2.33 bits per heavy atom. The second-order valence-electron chi connectivity index (χ2n) is 2.25. The first-order valence-corrected chi connectivity index (χ1v) is 3.81. The van der Waals surface area contributed by atoms with Gasteiger partial charge in [-0.25, -0.2) is 4.98 Å². The third-order valence-electron chi connectivity index (χ3n) is 1.43. The van der Waals surface area contributed by atoms with Gasteiger partial charge in [-0.3, -0.25) is 9.67 Å². The second kappa shape index (κ2) is 2.86. The monoisotopic (exact) mass is 178 g/mol. The van der Waals surface area contributed by atoms with Crippen LogP contribution in [0.15, 0.2) is 30.9 Å². The lowest BCUT2D eigenvalue weighted by atomic mass is 10.5. The smallest absolute Gasteiger partial charge is 0.158 e. The number of hydrogen-bond donors (Lipinski definition) is 1. The molecule has 0 aliphatic heterocycles. The van der Waals surface area contributed by atoms with E-state index in [1.165, 1.54) is 0 Å². The molecule has 0 radical (unpaired) electrons. The fourth-order valence-corrected chi connectivity index (χ4v) is 0.989. The van der Waals surface area contributed by atoms with Gasteiger partial charge in [-0.05, 0) is 12.1 Å². The van der Waals surface area contributed by atoms with Crippen molar-refractivity contribution < 1.29 is 0 Å². The predicted molar refractivity (Wildman–Crippen MR) is 46.5 cm³/mol. The van der Waals surface area contributed by atoms with E-state index in [-0.39, 0.29) is 0 Å². The van der Waals surface area contributed by atoms with Crippen LogP contribution in [0.25, 0.3) is 5.82 Å². The van der Waals surface area contributed by atoms with Crippen molar-refractivity contribution in [2.24, 2.45) is 0 Å². The van der Waals surface area contributed by atoms with E-state index in [1.807, 2.05) is 12.3 Å². The molecule has 0 saturated heterocycles. The summed E-state index contributed by atoms with van der Waals surface area (Å²) in [4.78, 5) is 3.90. The number of nitrogens with one attached hydrogen (secondary N) is 1. The van der Waals surface area contributed by atoms with Gasteiger partial charge in [-0.2, -0.15) is 5.10 Å². The molecule has 1 N–H and O–H groups in total. The molecule has 0 bridgehead atoms. The molecule has 5 heteroatoms. The summed E-state index contributed by atoms with van der Waals surface area (Å²) in [6.45, 7) is 0. The van der Waals surface area contributed by atoms with Crippen LogP contribution in [-0.2, 0) is 0 Å². The number of imidazole rings is 1. The number of aromatic nitrogens is 4. The second-order valence-corrected chi connectivity index (χ2v) is 2.69. The van der Waals surface area contributed by atoms with Crippen LogP contribution in [0, 0.1) is 4.64 Å². The highest BCUT2D eigenvalue weighted by Gasteiger charge is 1.93. The lowest BCUT2D eigenvalue weighted by Crippen LogP contribution is -1.95. The first-order valence-electron chi connectivity index (χ1n) is 3.40. The maximum Gasteiger partial charge on any atom is 0.158 e. The van der Waals surface area contributed by atoms with Gasteiger partial charge in [0, 0.05) is 12.4 Å². The highest BCUT2D eigenvalue weighted by atomic mass is 32.1. The average molecular weight is 178 g/mol. The summed E-state index contributed by atoms with van der Waals surface area (Å²) in [5.74, 6) is 0.779. The van der Waals surface area contributed by atoms with E-state index >= 15 is 0 Å². The van der Waals surface area contributed by atoms with Crippen molar-refractivity contribution in [3.63, 3.8) is 0 Å². The summed E-state index contributed by atoms with van der Waals surface area (Å²) < 4.78 is 2.42. The lowest BCUT2D eigenvalue weighted by molar-refractivity contribution is 0.905. The van der Waals surface area contributed by atoms with Crippen LogP contribution in [0.4, 0.5) is 0 Å². The summed E-state index contributed by atoms with van der Waals surface area (Å²) >= 11 is 4.86. The van der Waals surface area contributed by atoms with Gasteiger partial charge in [0.15, 0.2) is 5.82 Å². The van der Waals surface area contributed by atoms with Gasteiger partial charge in [-0.15, -0.1) is 0 Å². The Morgan fingerprint density at radius 3 is 2.92 bits per heavy atom. The van der Waals surface area contributed by atoms with Crippen LogP contribution in [0.2, 0.25) is 0 Å². The molecule has 2 aromatic rings. The van der Waals surface area contributed by atoms with Crippen molar-refractivity contribution >= 4 is 12.2 Å². The minimum Gasteiger partial charge on any atom is -0.289 e. The zero-order valence-corrected chi connectivity index (χ0v) is 6.95. The Balaban J connectivity index is 2.49. The summed E-state index contributed by atoms with van der Waals surface area (Å²) in [5, 5.41) is 6.72. The fourth-order valence-electron chi connectivity index (χ4n) is 0.876. The standard InChI is InChI=1S/C7H6N4S/c12-7-2-1-6(9-10-7)11-4-3-8-5-11/h1-5H,(H,10,12). The predicted octanol–water partition coefficient (Wildman–Crippen LogP) is 1.32. The fraction of sp³-hybridized carbons (Fsp3) is 0. The Morgan fingerprint density at radius 1 is 1.42 bits per heavy atom. The summed E-state index contributed by atoms with van der Waals surface area (Å²) in [5.41, 5.74) is 0. The topological polar surface area (TPSA) is 46.5 Å². The molecule has 0 saturated carbocycles. The molecular weight excluding hydrogens is 172 g/mol. The van der Waals surface area contributed by atoms with Crippen LogP contribution < -0.4 is 0 Å². The number of nitrogens with zero attached hydrogens (tertiary/aromatic N) is 3. The Kier molecular flexibility index (Phi) is 1.71. The summed E-state index contributed by atoms with van der Waals surface area (Å²) in [7, 11) is 0. The van der Waals surface area contributed by atoms with Crippen LogP contribution in [0.5, 0.6) is 0 Å². The Hall–Kier alpha value is -1.49. The quantitative estimate of drug-likeness (QED) is 0.670. The molecule has 0 atom stereocenters. The van der Waals surface area contributed by atoms with Gasteiger partial charge in [0.05, 0.1) is 0 Å². The van der Waals surface area contributed by atoms with Gasteiger partial charge < -0.3 is 0 Å². The van der Waals surface area contributed by atoms with Crippen molar-refractivity contribution in [2.45, 2.75) is 0 Å². The molecule has 0 unspecified atom stereocenters. The van der Waals surface area contributed by atoms with E-state index in [1.54, 1.807) is 23.2 Å². The summed E-state index contributed by atoms with van der Waals surface area (Å²) in [6, 6.07) is 3.62. The molecule has 0 fully saturated rings. The number of rotatable bonds is 1. The molecule has 0 spiro atoms. The Bertz CT molecular complexity index is 397. The lowest BCUT2D eigenvalue weighted by Gasteiger charge is -1.97. The number of hydrogen-bond acceptors (Lipinski definition) is 3. The SMILES string of the molecule is S=c1ccc(-n2ccnc2)n[nH]1. The molecule has 4 nitrogen and oxygen atoms in total. The minimum atomic E-state index is 0.624. The van der Waals surface area contributed by atoms with E-state index in [4.69, 9.17) is 12.2 Å². The molecule has 2 rings (SSSR count). The highest BCUT2D eigenvalue weighted by Crippen LogP contribution is 1.99.